The SMILES string of the molecule is CCNC(=NCCN(C)CC)N1CCC(C(=O)OCC)CC1. The number of nitrogens with zero attached hydrogens (tertiary/aromatic N) is 3. The first-order chi connectivity index (χ1) is 10.6. The predicted molar refractivity (Wildman–Crippen MR) is 90.1 cm³/mol. The molecule has 1 N–H and O–H groups in total. The van der Waals surface area contributed by atoms with Crippen molar-refractivity contribution in [3.8, 4) is 0 Å². The fourth-order valence-electron chi connectivity index (χ4n) is 2.50. The Kier molecular flexibility index (Phi) is 8.89. The Labute approximate surface area is 134 Å². The Morgan fingerprint density at radius 2 is 2.00 bits per heavy atom. The van der Waals surface area contributed by atoms with E-state index in [2.05, 4.69) is 36.0 Å². The van der Waals surface area contributed by atoms with Crippen LogP contribution >= 0.6 is 0 Å². The maximum atomic E-state index is 11.8. The molecule has 6 heteroatoms. The summed E-state index contributed by atoms with van der Waals surface area (Å²) >= 11 is 0. The van der Waals surface area contributed by atoms with Crippen LogP contribution in [0.25, 0.3) is 0 Å². The summed E-state index contributed by atoms with van der Waals surface area (Å²) in [5, 5.41) is 3.35. The highest BCUT2D eigenvalue weighted by Crippen LogP contribution is 2.18. The van der Waals surface area contributed by atoms with Crippen LogP contribution in [0, 0.1) is 5.92 Å². The number of likely N-dealkylation sites (N-methyl/N-ethyl adjacent to an activating group) is 1. The molecule has 0 unspecified atom stereocenters. The van der Waals surface area contributed by atoms with Crippen molar-refractivity contribution in [1.29, 1.82) is 0 Å². The first kappa shape index (κ1) is 18.7. The Balaban J connectivity index is 2.49. The lowest BCUT2D eigenvalue weighted by atomic mass is 9.97. The van der Waals surface area contributed by atoms with Crippen LogP contribution < -0.4 is 5.32 Å². The van der Waals surface area contributed by atoms with Gasteiger partial charge in [-0.25, -0.2) is 0 Å². The maximum absolute atomic E-state index is 11.8. The average molecular weight is 312 g/mol. The van der Waals surface area contributed by atoms with Gasteiger partial charge in [-0.3, -0.25) is 9.79 Å². The number of hydrogen-bond donors (Lipinski definition) is 1. The minimum absolute atomic E-state index is 0.0466. The number of piperidine rings is 1. The monoisotopic (exact) mass is 312 g/mol. The van der Waals surface area contributed by atoms with E-state index in [0.29, 0.717) is 6.61 Å². The van der Waals surface area contributed by atoms with E-state index in [4.69, 9.17) is 9.73 Å². The van der Waals surface area contributed by atoms with Crippen molar-refractivity contribution in [2.75, 3.05) is 52.9 Å². The zero-order valence-electron chi connectivity index (χ0n) is 14.6. The van der Waals surface area contributed by atoms with Gasteiger partial charge in [0.2, 0.25) is 0 Å². The molecule has 0 bridgehead atoms. The van der Waals surface area contributed by atoms with Crippen molar-refractivity contribution >= 4 is 11.9 Å². The van der Waals surface area contributed by atoms with Crippen molar-refractivity contribution in [2.24, 2.45) is 10.9 Å². The van der Waals surface area contributed by atoms with Crippen LogP contribution in [-0.2, 0) is 9.53 Å². The third kappa shape index (κ3) is 6.22. The number of nitrogens with one attached hydrogen (secondary N) is 1. The number of rotatable bonds is 7. The third-order valence-electron chi connectivity index (χ3n) is 4.03. The van der Waals surface area contributed by atoms with Gasteiger partial charge >= 0.3 is 5.97 Å². The molecule has 0 aromatic heterocycles. The van der Waals surface area contributed by atoms with Gasteiger partial charge in [0, 0.05) is 26.2 Å². The fourth-order valence-corrected chi connectivity index (χ4v) is 2.50. The van der Waals surface area contributed by atoms with E-state index in [1.54, 1.807) is 0 Å². The third-order valence-corrected chi connectivity index (χ3v) is 4.03. The molecule has 128 valence electrons. The van der Waals surface area contributed by atoms with Gasteiger partial charge in [0.25, 0.3) is 0 Å². The molecule has 1 aliphatic rings. The van der Waals surface area contributed by atoms with Crippen LogP contribution in [0.1, 0.15) is 33.6 Å². The molecular formula is C16H32N4O2. The summed E-state index contributed by atoms with van der Waals surface area (Å²) < 4.78 is 5.12. The highest BCUT2D eigenvalue weighted by Gasteiger charge is 2.27. The molecule has 1 rings (SSSR count). The van der Waals surface area contributed by atoms with Crippen molar-refractivity contribution in [3.05, 3.63) is 0 Å². The van der Waals surface area contributed by atoms with E-state index < -0.39 is 0 Å². The summed E-state index contributed by atoms with van der Waals surface area (Å²) in [5.41, 5.74) is 0. The Bertz CT molecular complexity index is 352. The van der Waals surface area contributed by atoms with E-state index >= 15 is 0 Å². The van der Waals surface area contributed by atoms with Crippen molar-refractivity contribution in [1.82, 2.24) is 15.1 Å². The van der Waals surface area contributed by atoms with E-state index in [1.165, 1.54) is 0 Å². The van der Waals surface area contributed by atoms with Crippen molar-refractivity contribution < 1.29 is 9.53 Å². The van der Waals surface area contributed by atoms with Gasteiger partial charge < -0.3 is 19.9 Å². The van der Waals surface area contributed by atoms with Crippen LogP contribution in [-0.4, -0.2) is 74.7 Å². The van der Waals surface area contributed by atoms with Crippen LogP contribution in [0.15, 0.2) is 4.99 Å². The summed E-state index contributed by atoms with van der Waals surface area (Å²) in [6.07, 6.45) is 1.69. The molecular weight excluding hydrogens is 280 g/mol. The minimum atomic E-state index is -0.0475. The lowest BCUT2D eigenvalue weighted by molar-refractivity contribution is -0.149. The smallest absolute Gasteiger partial charge is 0.309 e. The lowest BCUT2D eigenvalue weighted by Crippen LogP contribution is -2.47. The quantitative estimate of drug-likeness (QED) is 0.435. The zero-order valence-corrected chi connectivity index (χ0v) is 14.6. The number of ether oxygens (including phenoxy) is 1. The summed E-state index contributed by atoms with van der Waals surface area (Å²) in [4.78, 5) is 21.0. The molecule has 1 fully saturated rings. The Morgan fingerprint density at radius 3 is 2.55 bits per heavy atom. The highest BCUT2D eigenvalue weighted by atomic mass is 16.5. The number of likely N-dealkylation sites (tertiary alicyclic amines) is 1. The number of carbonyl (C=O) groups is 1. The lowest BCUT2D eigenvalue weighted by Gasteiger charge is -2.33. The van der Waals surface area contributed by atoms with Gasteiger partial charge in [-0.1, -0.05) is 6.92 Å². The standard InChI is InChI=1S/C16H32N4O2/c1-5-17-16(18-10-13-19(4)6-2)20-11-8-14(9-12-20)15(21)22-7-3/h14H,5-13H2,1-4H3,(H,17,18). The van der Waals surface area contributed by atoms with E-state index in [-0.39, 0.29) is 11.9 Å². The second-order valence-electron chi connectivity index (χ2n) is 5.64. The number of guanidine groups is 1. The summed E-state index contributed by atoms with van der Waals surface area (Å²) in [5.74, 6) is 0.966. The molecule has 0 saturated carbocycles. The van der Waals surface area contributed by atoms with Crippen LogP contribution in [0.3, 0.4) is 0 Å². The van der Waals surface area contributed by atoms with Crippen molar-refractivity contribution in [3.63, 3.8) is 0 Å². The molecule has 0 radical (unpaired) electrons. The molecule has 1 heterocycles. The molecule has 0 spiro atoms. The first-order valence-electron chi connectivity index (χ1n) is 8.50. The Hall–Kier alpha value is -1.30. The van der Waals surface area contributed by atoms with Crippen molar-refractivity contribution in [2.45, 2.75) is 33.6 Å². The van der Waals surface area contributed by atoms with Crippen LogP contribution in [0.2, 0.25) is 0 Å². The normalized spacial score (nSPS) is 17.0. The number of aliphatic imine (C=N–C) groups is 1. The molecule has 22 heavy (non-hydrogen) atoms. The number of hydrogen-bond acceptors (Lipinski definition) is 4. The zero-order chi connectivity index (χ0) is 16.4. The Morgan fingerprint density at radius 1 is 1.32 bits per heavy atom. The summed E-state index contributed by atoms with van der Waals surface area (Å²) in [6.45, 7) is 11.9. The first-order valence-corrected chi connectivity index (χ1v) is 8.50. The summed E-state index contributed by atoms with van der Waals surface area (Å²) in [7, 11) is 2.10. The molecule has 0 aliphatic carbocycles. The van der Waals surface area contributed by atoms with E-state index in [1.807, 2.05) is 6.92 Å². The highest BCUT2D eigenvalue weighted by molar-refractivity contribution is 5.80. The second-order valence-corrected chi connectivity index (χ2v) is 5.64. The van der Waals surface area contributed by atoms with Crippen LogP contribution in [0.5, 0.6) is 0 Å². The van der Waals surface area contributed by atoms with Gasteiger partial charge in [0.15, 0.2) is 5.96 Å². The second kappa shape index (κ2) is 10.4. The molecule has 0 aromatic rings. The average Bonchev–Trinajstić information content (AvgIpc) is 2.54. The molecule has 0 amide bonds. The largest absolute Gasteiger partial charge is 0.466 e. The predicted octanol–water partition coefficient (Wildman–Crippen LogP) is 1.18. The van der Waals surface area contributed by atoms with Gasteiger partial charge in [0.1, 0.15) is 0 Å². The molecule has 0 atom stereocenters. The topological polar surface area (TPSA) is 57.2 Å². The molecule has 0 aromatic carbocycles. The molecule has 1 aliphatic heterocycles. The molecule has 1 saturated heterocycles. The van der Waals surface area contributed by atoms with Gasteiger partial charge in [-0.2, -0.15) is 0 Å². The van der Waals surface area contributed by atoms with Crippen LogP contribution in [0.4, 0.5) is 0 Å². The number of carbonyl (C=O) groups excluding carboxylic acids is 1. The fraction of sp³-hybridized carbons (Fsp3) is 0.875. The maximum Gasteiger partial charge on any atom is 0.309 e. The number of esters is 1. The molecule has 6 nitrogen and oxygen atoms in total. The van der Waals surface area contributed by atoms with Gasteiger partial charge in [0.05, 0.1) is 19.1 Å². The van der Waals surface area contributed by atoms with E-state index in [9.17, 15) is 4.79 Å². The van der Waals surface area contributed by atoms with Gasteiger partial charge in [-0.05, 0) is 40.3 Å². The minimum Gasteiger partial charge on any atom is -0.466 e. The van der Waals surface area contributed by atoms with E-state index in [0.717, 1.165) is 58.1 Å². The summed E-state index contributed by atoms with van der Waals surface area (Å²) in [6, 6.07) is 0. The van der Waals surface area contributed by atoms with Gasteiger partial charge in [-0.15, -0.1) is 0 Å².